The highest BCUT2D eigenvalue weighted by Gasteiger charge is 2.68. The number of hydrogen-bond donors (Lipinski definition) is 0. The van der Waals surface area contributed by atoms with Crippen molar-refractivity contribution in [2.75, 3.05) is 14.2 Å². The van der Waals surface area contributed by atoms with Crippen LogP contribution < -0.4 is 0 Å². The Morgan fingerprint density at radius 3 is 2.21 bits per heavy atom. The van der Waals surface area contributed by atoms with Crippen molar-refractivity contribution < 1.29 is 22.1 Å². The summed E-state index contributed by atoms with van der Waals surface area (Å²) in [6.07, 6.45) is 9.20. The number of benzene rings is 1. The summed E-state index contributed by atoms with van der Waals surface area (Å²) in [7, 11) is -0.380. The summed E-state index contributed by atoms with van der Waals surface area (Å²) in [6.45, 7) is 1.93. The van der Waals surface area contributed by atoms with Crippen LogP contribution in [0.4, 0.5) is 0 Å². The number of methoxy groups -OCH3 is 2. The average Bonchev–Trinajstić information content (AvgIpc) is 3.20. The smallest absolute Gasteiger partial charge is 0.297 e. The molecule has 150 valence electrons. The second-order valence-corrected chi connectivity index (χ2v) is 10.1. The van der Waals surface area contributed by atoms with Crippen LogP contribution in [0.1, 0.15) is 12.0 Å². The normalized spacial score (nSPS) is 39.5. The number of rotatable bonds is 5. The molecule has 2 fully saturated rings. The summed E-state index contributed by atoms with van der Waals surface area (Å²) in [5.74, 6) is 0.678. The van der Waals surface area contributed by atoms with Crippen LogP contribution in [0.2, 0.25) is 0 Å². The lowest BCUT2D eigenvalue weighted by Crippen LogP contribution is -2.48. The molecule has 0 unspecified atom stereocenters. The first-order chi connectivity index (χ1) is 13.4. The molecule has 7 atom stereocenters. The number of allylic oxidation sites excluding steroid dienone is 1. The molecule has 0 aromatic heterocycles. The summed E-state index contributed by atoms with van der Waals surface area (Å²) in [5, 5.41) is 0. The topological polar surface area (TPSA) is 61.8 Å². The molecular weight excluding hydrogens is 376 g/mol. The van der Waals surface area contributed by atoms with Crippen molar-refractivity contribution in [2.45, 2.75) is 30.1 Å². The predicted molar refractivity (Wildman–Crippen MR) is 104 cm³/mol. The molecule has 0 heterocycles. The molecule has 1 aromatic carbocycles. The van der Waals surface area contributed by atoms with Gasteiger partial charge in [-0.15, -0.1) is 0 Å². The standard InChI is InChI=1S/C22H26O5S/c1-13-4-7-15(8-5-13)28(23,24)27-19-12-14-6-9-16(19)21-18-11-10-17(20(14)21)22(18,25-2)26-3/h4-11,14,16-21H,12H2,1-3H3/t14-,16+,17-,18+,19+,20+,21-/m0/s1. The zero-order valence-electron chi connectivity index (χ0n) is 16.3. The minimum atomic E-state index is -3.80. The van der Waals surface area contributed by atoms with Crippen molar-refractivity contribution in [1.29, 1.82) is 0 Å². The molecule has 0 radical (unpaired) electrons. The molecule has 28 heavy (non-hydrogen) atoms. The lowest BCUT2D eigenvalue weighted by molar-refractivity contribution is -0.234. The molecule has 1 aromatic rings. The van der Waals surface area contributed by atoms with Crippen LogP contribution in [0, 0.1) is 42.4 Å². The number of aryl methyl sites for hydroxylation is 1. The Balaban J connectivity index is 1.44. The fourth-order valence-electron chi connectivity index (χ4n) is 6.26. The highest BCUT2D eigenvalue weighted by atomic mass is 32.2. The Morgan fingerprint density at radius 1 is 0.929 bits per heavy atom. The second-order valence-electron chi connectivity index (χ2n) is 8.48. The van der Waals surface area contributed by atoms with Gasteiger partial charge in [0, 0.05) is 32.0 Å². The highest BCUT2D eigenvalue weighted by Crippen LogP contribution is 2.66. The van der Waals surface area contributed by atoms with Gasteiger partial charge in [-0.25, -0.2) is 0 Å². The molecule has 2 saturated carbocycles. The minimum absolute atomic E-state index is 0.0415. The first kappa shape index (κ1) is 18.6. The summed E-state index contributed by atoms with van der Waals surface area (Å²) in [6, 6.07) is 6.83. The third-order valence-corrected chi connectivity index (χ3v) is 8.73. The lowest BCUT2D eigenvalue weighted by atomic mass is 9.58. The first-order valence-corrected chi connectivity index (χ1v) is 11.3. The van der Waals surface area contributed by atoms with Crippen LogP contribution in [-0.4, -0.2) is 34.5 Å². The van der Waals surface area contributed by atoms with Gasteiger partial charge >= 0.3 is 0 Å². The fourth-order valence-corrected chi connectivity index (χ4v) is 7.38. The number of ether oxygens (including phenoxy) is 2. The quantitative estimate of drug-likeness (QED) is 0.430. The average molecular weight is 403 g/mol. The van der Waals surface area contributed by atoms with Gasteiger partial charge in [0.2, 0.25) is 0 Å². The molecule has 5 nitrogen and oxygen atoms in total. The summed E-state index contributed by atoms with van der Waals surface area (Å²) in [5.41, 5.74) is 1.02. The first-order valence-electron chi connectivity index (χ1n) is 9.88. The van der Waals surface area contributed by atoms with Crippen LogP contribution >= 0.6 is 0 Å². The second kappa shape index (κ2) is 6.26. The number of hydrogen-bond acceptors (Lipinski definition) is 5. The van der Waals surface area contributed by atoms with Crippen LogP contribution in [0.15, 0.2) is 53.5 Å². The van der Waals surface area contributed by atoms with Crippen molar-refractivity contribution in [3.63, 3.8) is 0 Å². The van der Waals surface area contributed by atoms with E-state index in [9.17, 15) is 8.42 Å². The maximum Gasteiger partial charge on any atom is 0.297 e. The summed E-state index contributed by atoms with van der Waals surface area (Å²) in [4.78, 5) is 0.219. The Labute approximate surface area is 166 Å². The molecule has 0 spiro atoms. The minimum Gasteiger partial charge on any atom is -0.352 e. The van der Waals surface area contributed by atoms with E-state index >= 15 is 0 Å². The van der Waals surface area contributed by atoms with Gasteiger partial charge < -0.3 is 9.47 Å². The Morgan fingerprint density at radius 2 is 1.57 bits per heavy atom. The van der Waals surface area contributed by atoms with Crippen LogP contribution in [0.25, 0.3) is 0 Å². The Bertz CT molecular complexity index is 928. The van der Waals surface area contributed by atoms with Crippen LogP contribution in [0.5, 0.6) is 0 Å². The van der Waals surface area contributed by atoms with Gasteiger partial charge in [-0.05, 0) is 43.2 Å². The van der Waals surface area contributed by atoms with Crippen molar-refractivity contribution >= 4 is 10.1 Å². The Kier molecular flexibility index (Phi) is 4.15. The van der Waals surface area contributed by atoms with Crippen LogP contribution in [-0.2, 0) is 23.8 Å². The molecule has 5 aliphatic rings. The van der Waals surface area contributed by atoms with Gasteiger partial charge in [0.15, 0.2) is 5.79 Å². The highest BCUT2D eigenvalue weighted by molar-refractivity contribution is 7.86. The lowest BCUT2D eigenvalue weighted by Gasteiger charge is -2.48. The van der Waals surface area contributed by atoms with Crippen molar-refractivity contribution in [1.82, 2.24) is 0 Å². The SMILES string of the molecule is COC1(OC)[C@@H]2C=C[C@H]1[C@@H]1[C@H]2[C@@H]2C=C[C@H]1C[C@H]2OS(=O)(=O)c1ccc(C)cc1. The molecule has 0 aliphatic heterocycles. The summed E-state index contributed by atoms with van der Waals surface area (Å²) >= 11 is 0. The van der Waals surface area contributed by atoms with Crippen LogP contribution in [0.3, 0.4) is 0 Å². The maximum atomic E-state index is 12.9. The van der Waals surface area contributed by atoms with E-state index < -0.39 is 15.9 Å². The van der Waals surface area contributed by atoms with E-state index in [4.69, 9.17) is 13.7 Å². The van der Waals surface area contributed by atoms with E-state index in [-0.39, 0.29) is 40.6 Å². The van der Waals surface area contributed by atoms with E-state index in [1.807, 2.05) is 6.92 Å². The molecule has 4 bridgehead atoms. The van der Waals surface area contributed by atoms with Gasteiger partial charge in [0.05, 0.1) is 11.0 Å². The summed E-state index contributed by atoms with van der Waals surface area (Å²) < 4.78 is 43.3. The number of fused-ring (bicyclic) bond motifs is 3. The van der Waals surface area contributed by atoms with E-state index in [2.05, 4.69) is 24.3 Å². The van der Waals surface area contributed by atoms with Gasteiger partial charge in [-0.3, -0.25) is 4.18 Å². The van der Waals surface area contributed by atoms with E-state index in [0.29, 0.717) is 12.3 Å². The molecule has 5 aliphatic carbocycles. The molecule has 0 N–H and O–H groups in total. The molecule has 0 saturated heterocycles. The largest absolute Gasteiger partial charge is 0.352 e. The van der Waals surface area contributed by atoms with Gasteiger partial charge in [0.1, 0.15) is 0 Å². The monoisotopic (exact) mass is 402 g/mol. The Hall–Kier alpha value is -1.47. The molecule has 6 rings (SSSR count). The van der Waals surface area contributed by atoms with E-state index in [1.54, 1.807) is 38.5 Å². The molecule has 0 amide bonds. The van der Waals surface area contributed by atoms with Crippen molar-refractivity contribution in [3.8, 4) is 0 Å². The maximum absolute atomic E-state index is 12.9. The predicted octanol–water partition coefficient (Wildman–Crippen LogP) is 3.31. The zero-order valence-corrected chi connectivity index (χ0v) is 17.1. The van der Waals surface area contributed by atoms with Gasteiger partial charge in [-0.1, -0.05) is 42.0 Å². The third-order valence-electron chi connectivity index (χ3n) is 7.38. The molecule has 6 heteroatoms. The molecular formula is C22H26O5S. The van der Waals surface area contributed by atoms with E-state index in [1.165, 1.54) is 0 Å². The van der Waals surface area contributed by atoms with Gasteiger partial charge in [-0.2, -0.15) is 8.42 Å². The van der Waals surface area contributed by atoms with E-state index in [0.717, 1.165) is 5.56 Å². The van der Waals surface area contributed by atoms with Crippen molar-refractivity contribution in [3.05, 3.63) is 54.1 Å². The van der Waals surface area contributed by atoms with Gasteiger partial charge in [0.25, 0.3) is 10.1 Å². The zero-order chi connectivity index (χ0) is 19.7. The third kappa shape index (κ3) is 2.38. The van der Waals surface area contributed by atoms with Crippen molar-refractivity contribution in [2.24, 2.45) is 35.5 Å². The fraction of sp³-hybridized carbons (Fsp3) is 0.545.